The first-order valence-electron chi connectivity index (χ1n) is 5.38. The van der Waals surface area contributed by atoms with Crippen molar-refractivity contribution in [1.82, 2.24) is 5.32 Å². The normalized spacial score (nSPS) is 11.6. The SMILES string of the molecule is CCCC(=O)OCCNC(=O)C(N)CC(=O)O. The largest absolute Gasteiger partial charge is 0.481 e. The Morgan fingerprint density at radius 1 is 1.41 bits per heavy atom. The van der Waals surface area contributed by atoms with E-state index in [1.54, 1.807) is 0 Å². The fraction of sp³-hybridized carbons (Fsp3) is 0.700. The van der Waals surface area contributed by atoms with Crippen LogP contribution in [0.3, 0.4) is 0 Å². The Morgan fingerprint density at radius 2 is 2.06 bits per heavy atom. The molecule has 0 radical (unpaired) electrons. The van der Waals surface area contributed by atoms with Gasteiger partial charge in [-0.15, -0.1) is 0 Å². The van der Waals surface area contributed by atoms with Crippen LogP contribution in [0.2, 0.25) is 0 Å². The Balaban J connectivity index is 3.64. The fourth-order valence-corrected chi connectivity index (χ4v) is 1.03. The van der Waals surface area contributed by atoms with Crippen molar-refractivity contribution in [3.8, 4) is 0 Å². The van der Waals surface area contributed by atoms with E-state index in [1.165, 1.54) is 0 Å². The lowest BCUT2D eigenvalue weighted by Gasteiger charge is -2.10. The molecule has 0 aliphatic carbocycles. The van der Waals surface area contributed by atoms with Gasteiger partial charge in [0.15, 0.2) is 0 Å². The fourth-order valence-electron chi connectivity index (χ4n) is 1.03. The van der Waals surface area contributed by atoms with Gasteiger partial charge in [0.25, 0.3) is 0 Å². The minimum atomic E-state index is -1.14. The number of nitrogens with two attached hydrogens (primary N) is 1. The van der Waals surface area contributed by atoms with E-state index in [1.807, 2.05) is 6.92 Å². The molecule has 17 heavy (non-hydrogen) atoms. The molecule has 1 atom stereocenters. The van der Waals surface area contributed by atoms with Crippen LogP contribution in [-0.4, -0.2) is 42.1 Å². The number of hydrogen-bond donors (Lipinski definition) is 3. The third kappa shape index (κ3) is 8.21. The summed E-state index contributed by atoms with van der Waals surface area (Å²) < 4.78 is 4.78. The number of ether oxygens (including phenoxy) is 1. The van der Waals surface area contributed by atoms with Crippen LogP contribution < -0.4 is 11.1 Å². The Kier molecular flexibility index (Phi) is 7.70. The number of amides is 1. The molecule has 0 aromatic heterocycles. The summed E-state index contributed by atoms with van der Waals surface area (Å²) in [4.78, 5) is 32.4. The molecule has 1 amide bonds. The summed E-state index contributed by atoms with van der Waals surface area (Å²) in [5.41, 5.74) is 5.31. The van der Waals surface area contributed by atoms with Gasteiger partial charge in [-0.3, -0.25) is 14.4 Å². The molecule has 0 bridgehead atoms. The van der Waals surface area contributed by atoms with Crippen LogP contribution in [0.25, 0.3) is 0 Å². The van der Waals surface area contributed by atoms with E-state index in [9.17, 15) is 14.4 Å². The minimum absolute atomic E-state index is 0.0599. The maximum absolute atomic E-state index is 11.2. The van der Waals surface area contributed by atoms with Crippen LogP contribution in [-0.2, 0) is 19.1 Å². The first-order chi connectivity index (χ1) is 7.97. The van der Waals surface area contributed by atoms with Crippen LogP contribution >= 0.6 is 0 Å². The molecule has 0 aliphatic heterocycles. The van der Waals surface area contributed by atoms with E-state index in [0.29, 0.717) is 12.8 Å². The van der Waals surface area contributed by atoms with Crippen molar-refractivity contribution in [1.29, 1.82) is 0 Å². The Morgan fingerprint density at radius 3 is 2.59 bits per heavy atom. The predicted molar refractivity (Wildman–Crippen MR) is 59.1 cm³/mol. The maximum atomic E-state index is 11.2. The molecule has 0 spiro atoms. The Hall–Kier alpha value is -1.63. The number of carbonyl (C=O) groups excluding carboxylic acids is 2. The zero-order chi connectivity index (χ0) is 13.3. The van der Waals surface area contributed by atoms with Crippen molar-refractivity contribution in [2.24, 2.45) is 5.73 Å². The molecule has 98 valence electrons. The van der Waals surface area contributed by atoms with E-state index in [2.05, 4.69) is 5.32 Å². The topological polar surface area (TPSA) is 119 Å². The third-order valence-corrected chi connectivity index (χ3v) is 1.85. The van der Waals surface area contributed by atoms with Crippen molar-refractivity contribution >= 4 is 17.8 Å². The first kappa shape index (κ1) is 15.4. The molecule has 0 saturated heterocycles. The molecule has 0 aromatic rings. The molecule has 0 fully saturated rings. The van der Waals surface area contributed by atoms with Gasteiger partial charge in [0, 0.05) is 6.42 Å². The monoisotopic (exact) mass is 246 g/mol. The van der Waals surface area contributed by atoms with Gasteiger partial charge in [-0.2, -0.15) is 0 Å². The van der Waals surface area contributed by atoms with Crippen molar-refractivity contribution in [2.45, 2.75) is 32.2 Å². The molecular weight excluding hydrogens is 228 g/mol. The Labute approximate surface area is 99.3 Å². The average Bonchev–Trinajstić information content (AvgIpc) is 2.23. The van der Waals surface area contributed by atoms with E-state index >= 15 is 0 Å². The summed E-state index contributed by atoms with van der Waals surface area (Å²) in [5.74, 6) is -2.03. The molecule has 7 heteroatoms. The van der Waals surface area contributed by atoms with Gasteiger partial charge >= 0.3 is 11.9 Å². The lowest BCUT2D eigenvalue weighted by atomic mass is 10.2. The summed E-state index contributed by atoms with van der Waals surface area (Å²) in [5, 5.41) is 10.8. The molecule has 0 aliphatic rings. The molecular formula is C10H18N2O5. The van der Waals surface area contributed by atoms with Crippen molar-refractivity contribution in [3.05, 3.63) is 0 Å². The van der Waals surface area contributed by atoms with Crippen LogP contribution in [0.5, 0.6) is 0 Å². The first-order valence-corrected chi connectivity index (χ1v) is 5.38. The van der Waals surface area contributed by atoms with E-state index < -0.39 is 24.3 Å². The number of esters is 1. The molecule has 7 nitrogen and oxygen atoms in total. The molecule has 4 N–H and O–H groups in total. The average molecular weight is 246 g/mol. The van der Waals surface area contributed by atoms with E-state index in [0.717, 1.165) is 0 Å². The number of nitrogens with one attached hydrogen (secondary N) is 1. The molecule has 0 aromatic carbocycles. The maximum Gasteiger partial charge on any atom is 0.305 e. The number of aliphatic carboxylic acids is 1. The lowest BCUT2D eigenvalue weighted by Crippen LogP contribution is -2.43. The van der Waals surface area contributed by atoms with Crippen LogP contribution in [0.15, 0.2) is 0 Å². The highest BCUT2D eigenvalue weighted by Crippen LogP contribution is 1.91. The molecule has 0 heterocycles. The van der Waals surface area contributed by atoms with Crippen LogP contribution in [0.4, 0.5) is 0 Å². The number of carboxylic acids is 1. The van der Waals surface area contributed by atoms with Gasteiger partial charge in [0.2, 0.25) is 5.91 Å². The number of carbonyl (C=O) groups is 3. The molecule has 1 unspecified atom stereocenters. The quantitative estimate of drug-likeness (QED) is 0.383. The summed E-state index contributed by atoms with van der Waals surface area (Å²) in [7, 11) is 0. The van der Waals surface area contributed by atoms with E-state index in [4.69, 9.17) is 15.6 Å². The smallest absolute Gasteiger partial charge is 0.305 e. The number of carboxylic acid groups (broad SMARTS) is 1. The van der Waals surface area contributed by atoms with Crippen molar-refractivity contribution in [3.63, 3.8) is 0 Å². The second-order valence-corrected chi connectivity index (χ2v) is 3.47. The highest BCUT2D eigenvalue weighted by molar-refractivity contribution is 5.85. The van der Waals surface area contributed by atoms with E-state index in [-0.39, 0.29) is 19.1 Å². The number of rotatable bonds is 8. The van der Waals surface area contributed by atoms with Gasteiger partial charge in [-0.1, -0.05) is 6.92 Å². The van der Waals surface area contributed by atoms with Gasteiger partial charge in [0.05, 0.1) is 19.0 Å². The second-order valence-electron chi connectivity index (χ2n) is 3.47. The van der Waals surface area contributed by atoms with Crippen LogP contribution in [0, 0.1) is 0 Å². The zero-order valence-electron chi connectivity index (χ0n) is 9.77. The Bertz CT molecular complexity index is 280. The summed E-state index contributed by atoms with van der Waals surface area (Å²) in [6, 6.07) is -1.08. The highest BCUT2D eigenvalue weighted by Gasteiger charge is 2.16. The van der Waals surface area contributed by atoms with Gasteiger partial charge in [-0.05, 0) is 6.42 Å². The second kappa shape index (κ2) is 8.51. The summed E-state index contributed by atoms with van der Waals surface area (Å²) in [6.45, 7) is 2.04. The molecule has 0 saturated carbocycles. The minimum Gasteiger partial charge on any atom is -0.481 e. The predicted octanol–water partition coefficient (Wildman–Crippen LogP) is -0.752. The number of hydrogen-bond acceptors (Lipinski definition) is 5. The van der Waals surface area contributed by atoms with Crippen molar-refractivity contribution in [2.75, 3.05) is 13.2 Å². The summed E-state index contributed by atoms with van der Waals surface area (Å²) >= 11 is 0. The standard InChI is InChI=1S/C10H18N2O5/c1-2-3-9(15)17-5-4-12-10(16)7(11)6-8(13)14/h7H,2-6,11H2,1H3,(H,12,16)(H,13,14). The van der Waals surface area contributed by atoms with Crippen molar-refractivity contribution < 1.29 is 24.2 Å². The van der Waals surface area contributed by atoms with Gasteiger partial charge in [0.1, 0.15) is 6.61 Å². The molecule has 0 rings (SSSR count). The highest BCUT2D eigenvalue weighted by atomic mass is 16.5. The third-order valence-electron chi connectivity index (χ3n) is 1.85. The van der Waals surface area contributed by atoms with Crippen LogP contribution in [0.1, 0.15) is 26.2 Å². The lowest BCUT2D eigenvalue weighted by molar-refractivity contribution is -0.144. The van der Waals surface area contributed by atoms with Gasteiger partial charge < -0.3 is 20.9 Å². The van der Waals surface area contributed by atoms with Gasteiger partial charge in [-0.25, -0.2) is 0 Å². The summed E-state index contributed by atoms with van der Waals surface area (Å²) in [6.07, 6.45) is 0.614. The zero-order valence-corrected chi connectivity index (χ0v) is 9.77.